The summed E-state index contributed by atoms with van der Waals surface area (Å²) in [6, 6.07) is -0.404. The summed E-state index contributed by atoms with van der Waals surface area (Å²) in [5.74, 6) is 0. The van der Waals surface area contributed by atoms with Crippen molar-refractivity contribution < 1.29 is 19.7 Å². The molecule has 0 aromatic heterocycles. The Morgan fingerprint density at radius 1 is 1.75 bits per heavy atom. The molecule has 1 fully saturated rings. The molecule has 2 atom stereocenters. The predicted molar refractivity (Wildman–Crippen MR) is 41.0 cm³/mol. The SMILES string of the molecule is CC1CN(C(=O)O)C(CO)CO1. The van der Waals surface area contributed by atoms with E-state index in [0.717, 1.165) is 0 Å². The Hall–Kier alpha value is -0.810. The Kier molecular flexibility index (Phi) is 2.88. The van der Waals surface area contributed by atoms with Crippen LogP contribution in [-0.4, -0.2) is 53.1 Å². The van der Waals surface area contributed by atoms with Gasteiger partial charge in [0.2, 0.25) is 0 Å². The van der Waals surface area contributed by atoms with Crippen molar-refractivity contribution >= 4 is 6.09 Å². The molecule has 1 rings (SSSR count). The van der Waals surface area contributed by atoms with Gasteiger partial charge in [0.05, 0.1) is 31.9 Å². The summed E-state index contributed by atoms with van der Waals surface area (Å²) < 4.78 is 5.20. The van der Waals surface area contributed by atoms with Crippen LogP contribution in [0, 0.1) is 0 Å². The Morgan fingerprint density at radius 2 is 2.42 bits per heavy atom. The van der Waals surface area contributed by atoms with Crippen molar-refractivity contribution in [3.63, 3.8) is 0 Å². The fraction of sp³-hybridized carbons (Fsp3) is 0.857. The van der Waals surface area contributed by atoms with Crippen LogP contribution in [0.15, 0.2) is 0 Å². The number of hydrogen-bond donors (Lipinski definition) is 2. The third-order valence-electron chi connectivity index (χ3n) is 1.92. The molecule has 2 unspecified atom stereocenters. The molecule has 1 saturated heterocycles. The molecule has 12 heavy (non-hydrogen) atoms. The molecule has 5 nitrogen and oxygen atoms in total. The molecule has 0 radical (unpaired) electrons. The van der Waals surface area contributed by atoms with Crippen LogP contribution in [-0.2, 0) is 4.74 Å². The number of aliphatic hydroxyl groups excluding tert-OH is 1. The van der Waals surface area contributed by atoms with Crippen LogP contribution in [0.5, 0.6) is 0 Å². The highest BCUT2D eigenvalue weighted by molar-refractivity contribution is 5.65. The molecule has 1 heterocycles. The van der Waals surface area contributed by atoms with E-state index < -0.39 is 12.1 Å². The van der Waals surface area contributed by atoms with Crippen molar-refractivity contribution in [1.82, 2.24) is 4.90 Å². The van der Waals surface area contributed by atoms with Crippen LogP contribution in [0.2, 0.25) is 0 Å². The quantitative estimate of drug-likeness (QED) is 0.576. The van der Waals surface area contributed by atoms with Gasteiger partial charge >= 0.3 is 6.09 Å². The van der Waals surface area contributed by atoms with E-state index in [1.165, 1.54) is 4.90 Å². The van der Waals surface area contributed by atoms with E-state index in [0.29, 0.717) is 6.54 Å². The van der Waals surface area contributed by atoms with E-state index in [-0.39, 0.29) is 19.3 Å². The van der Waals surface area contributed by atoms with Crippen molar-refractivity contribution in [1.29, 1.82) is 0 Å². The third kappa shape index (κ3) is 1.86. The Bertz CT molecular complexity index is 173. The average molecular weight is 175 g/mol. The maximum atomic E-state index is 10.6. The normalized spacial score (nSPS) is 30.3. The van der Waals surface area contributed by atoms with Gasteiger partial charge < -0.3 is 14.9 Å². The molecule has 0 aliphatic carbocycles. The molecular weight excluding hydrogens is 162 g/mol. The Labute approximate surface area is 70.5 Å². The zero-order valence-corrected chi connectivity index (χ0v) is 6.93. The first-order valence-corrected chi connectivity index (χ1v) is 3.87. The molecule has 0 spiro atoms. The lowest BCUT2D eigenvalue weighted by Gasteiger charge is -2.35. The fourth-order valence-corrected chi connectivity index (χ4v) is 1.23. The highest BCUT2D eigenvalue weighted by atomic mass is 16.5. The van der Waals surface area contributed by atoms with E-state index in [2.05, 4.69) is 0 Å². The number of carbonyl (C=O) groups is 1. The second kappa shape index (κ2) is 3.73. The molecular formula is C7H13NO4. The van der Waals surface area contributed by atoms with Gasteiger partial charge in [-0.1, -0.05) is 0 Å². The van der Waals surface area contributed by atoms with Crippen LogP contribution in [0.3, 0.4) is 0 Å². The van der Waals surface area contributed by atoms with Gasteiger partial charge in [0, 0.05) is 0 Å². The van der Waals surface area contributed by atoms with Gasteiger partial charge in [-0.3, -0.25) is 4.90 Å². The molecule has 0 aromatic carbocycles. The highest BCUT2D eigenvalue weighted by Crippen LogP contribution is 2.10. The monoisotopic (exact) mass is 175 g/mol. The predicted octanol–water partition coefficient (Wildman–Crippen LogP) is -0.254. The first-order chi connectivity index (χ1) is 5.65. The van der Waals surface area contributed by atoms with Gasteiger partial charge in [0.25, 0.3) is 0 Å². The van der Waals surface area contributed by atoms with E-state index >= 15 is 0 Å². The fourth-order valence-electron chi connectivity index (χ4n) is 1.23. The molecule has 1 amide bonds. The minimum absolute atomic E-state index is 0.0797. The van der Waals surface area contributed by atoms with Crippen LogP contribution in [0.4, 0.5) is 4.79 Å². The molecule has 0 aromatic rings. The van der Waals surface area contributed by atoms with Gasteiger partial charge in [-0.05, 0) is 6.92 Å². The molecule has 2 N–H and O–H groups in total. The minimum Gasteiger partial charge on any atom is -0.465 e. The van der Waals surface area contributed by atoms with Gasteiger partial charge in [0.1, 0.15) is 0 Å². The Balaban J connectivity index is 2.58. The van der Waals surface area contributed by atoms with Crippen LogP contribution in [0.25, 0.3) is 0 Å². The number of ether oxygens (including phenoxy) is 1. The second-order valence-corrected chi connectivity index (χ2v) is 2.92. The molecule has 1 aliphatic rings. The molecule has 1 aliphatic heterocycles. The third-order valence-corrected chi connectivity index (χ3v) is 1.92. The summed E-state index contributed by atoms with van der Waals surface area (Å²) in [5, 5.41) is 17.5. The van der Waals surface area contributed by atoms with Crippen LogP contribution < -0.4 is 0 Å². The number of rotatable bonds is 1. The zero-order valence-electron chi connectivity index (χ0n) is 6.93. The van der Waals surface area contributed by atoms with Crippen molar-refractivity contribution in [3.8, 4) is 0 Å². The van der Waals surface area contributed by atoms with E-state index in [1.54, 1.807) is 0 Å². The maximum Gasteiger partial charge on any atom is 0.407 e. The van der Waals surface area contributed by atoms with Gasteiger partial charge in [-0.2, -0.15) is 0 Å². The number of nitrogens with zero attached hydrogens (tertiary/aromatic N) is 1. The largest absolute Gasteiger partial charge is 0.465 e. The summed E-state index contributed by atoms with van der Waals surface area (Å²) >= 11 is 0. The zero-order chi connectivity index (χ0) is 9.14. The summed E-state index contributed by atoms with van der Waals surface area (Å²) in [6.45, 7) is 2.24. The Morgan fingerprint density at radius 3 is 2.92 bits per heavy atom. The average Bonchev–Trinajstić information content (AvgIpc) is 2.04. The topological polar surface area (TPSA) is 70.0 Å². The standard InChI is InChI=1S/C7H13NO4/c1-5-2-8(7(10)11)6(3-9)4-12-5/h5-6,9H,2-4H2,1H3,(H,10,11). The molecule has 70 valence electrons. The summed E-state index contributed by atoms with van der Waals surface area (Å²) in [7, 11) is 0. The first-order valence-electron chi connectivity index (χ1n) is 3.87. The second-order valence-electron chi connectivity index (χ2n) is 2.92. The number of morpholine rings is 1. The van der Waals surface area contributed by atoms with Crippen molar-refractivity contribution in [2.75, 3.05) is 19.8 Å². The van der Waals surface area contributed by atoms with E-state index in [4.69, 9.17) is 14.9 Å². The lowest BCUT2D eigenvalue weighted by Crippen LogP contribution is -2.52. The number of aliphatic hydroxyl groups is 1. The van der Waals surface area contributed by atoms with Gasteiger partial charge in [-0.15, -0.1) is 0 Å². The maximum absolute atomic E-state index is 10.6. The number of amides is 1. The van der Waals surface area contributed by atoms with Gasteiger partial charge in [0.15, 0.2) is 0 Å². The minimum atomic E-state index is -0.996. The lowest BCUT2D eigenvalue weighted by atomic mass is 10.2. The van der Waals surface area contributed by atoms with Crippen LogP contribution >= 0.6 is 0 Å². The van der Waals surface area contributed by atoms with E-state index in [1.807, 2.05) is 6.92 Å². The van der Waals surface area contributed by atoms with Gasteiger partial charge in [-0.25, -0.2) is 4.79 Å². The first kappa shape index (κ1) is 9.28. The van der Waals surface area contributed by atoms with Crippen molar-refractivity contribution in [3.05, 3.63) is 0 Å². The lowest BCUT2D eigenvalue weighted by molar-refractivity contribution is -0.0586. The summed E-state index contributed by atoms with van der Waals surface area (Å²) in [4.78, 5) is 11.8. The summed E-state index contributed by atoms with van der Waals surface area (Å²) in [6.07, 6.45) is -1.08. The number of hydrogen-bond acceptors (Lipinski definition) is 3. The van der Waals surface area contributed by atoms with E-state index in [9.17, 15) is 4.79 Å². The van der Waals surface area contributed by atoms with Crippen molar-refractivity contribution in [2.24, 2.45) is 0 Å². The van der Waals surface area contributed by atoms with Crippen LogP contribution in [0.1, 0.15) is 6.92 Å². The van der Waals surface area contributed by atoms with Crippen molar-refractivity contribution in [2.45, 2.75) is 19.1 Å². The number of carboxylic acid groups (broad SMARTS) is 1. The molecule has 0 bridgehead atoms. The smallest absolute Gasteiger partial charge is 0.407 e. The molecule has 5 heteroatoms. The summed E-state index contributed by atoms with van der Waals surface area (Å²) in [5.41, 5.74) is 0. The molecule has 0 saturated carbocycles. The highest BCUT2D eigenvalue weighted by Gasteiger charge is 2.29.